The number of anilines is 1. The number of fused-ring (bicyclic) bond motifs is 1. The lowest BCUT2D eigenvalue weighted by Crippen LogP contribution is -2.37. The van der Waals surface area contributed by atoms with Gasteiger partial charge in [0.25, 0.3) is 11.5 Å². The van der Waals surface area contributed by atoms with Crippen LogP contribution in [-0.2, 0) is 20.6 Å². The molecule has 9 heteroatoms. The van der Waals surface area contributed by atoms with Gasteiger partial charge in [0.15, 0.2) is 11.2 Å². The molecule has 1 fully saturated rings. The van der Waals surface area contributed by atoms with Crippen LogP contribution in [0.15, 0.2) is 40.2 Å². The maximum Gasteiger partial charge on any atom is 0.332 e. The lowest BCUT2D eigenvalue weighted by atomic mass is 10.1. The van der Waals surface area contributed by atoms with Crippen molar-refractivity contribution >= 4 is 22.8 Å². The summed E-state index contributed by atoms with van der Waals surface area (Å²) in [5.41, 5.74) is 1.30. The molecule has 0 atom stereocenters. The Labute approximate surface area is 160 Å². The fourth-order valence-corrected chi connectivity index (χ4v) is 3.20. The van der Waals surface area contributed by atoms with Crippen molar-refractivity contribution in [1.29, 1.82) is 0 Å². The van der Waals surface area contributed by atoms with E-state index in [1.807, 2.05) is 18.2 Å². The quantitative estimate of drug-likeness (QED) is 0.644. The second-order valence-corrected chi connectivity index (χ2v) is 7.04. The molecule has 0 saturated heterocycles. The fraction of sp³-hybridized carbons (Fsp3) is 0.368. The van der Waals surface area contributed by atoms with Crippen LogP contribution >= 0.6 is 0 Å². The number of rotatable bonds is 6. The van der Waals surface area contributed by atoms with Crippen molar-refractivity contribution in [2.45, 2.75) is 25.4 Å². The molecule has 0 unspecified atom stereocenters. The number of para-hydroxylation sites is 1. The number of imidazole rings is 1. The summed E-state index contributed by atoms with van der Waals surface area (Å²) >= 11 is 0. The summed E-state index contributed by atoms with van der Waals surface area (Å²) in [4.78, 5) is 41.1. The van der Waals surface area contributed by atoms with E-state index in [1.54, 1.807) is 24.0 Å². The maximum absolute atomic E-state index is 12.5. The molecule has 2 aromatic heterocycles. The Morgan fingerprint density at radius 3 is 2.68 bits per heavy atom. The molecule has 0 aliphatic heterocycles. The van der Waals surface area contributed by atoms with Crippen LogP contribution in [0.5, 0.6) is 0 Å². The van der Waals surface area contributed by atoms with E-state index in [2.05, 4.69) is 15.6 Å². The monoisotopic (exact) mass is 382 g/mol. The molecule has 1 aromatic carbocycles. The van der Waals surface area contributed by atoms with Crippen LogP contribution in [-0.4, -0.2) is 37.2 Å². The van der Waals surface area contributed by atoms with Gasteiger partial charge in [0.2, 0.25) is 0 Å². The number of carbonyl (C=O) groups excluding carboxylic acids is 1. The largest absolute Gasteiger partial charge is 0.383 e. The number of aryl methyl sites for hydroxylation is 1. The smallest absolute Gasteiger partial charge is 0.332 e. The van der Waals surface area contributed by atoms with E-state index >= 15 is 0 Å². The van der Waals surface area contributed by atoms with Gasteiger partial charge in [0, 0.05) is 38.9 Å². The molecule has 4 rings (SSSR count). The van der Waals surface area contributed by atoms with Gasteiger partial charge < -0.3 is 15.2 Å². The first kappa shape index (κ1) is 18.0. The molecule has 1 aliphatic rings. The van der Waals surface area contributed by atoms with Crippen LogP contribution in [0.3, 0.4) is 0 Å². The zero-order valence-electron chi connectivity index (χ0n) is 15.8. The van der Waals surface area contributed by atoms with Crippen molar-refractivity contribution in [2.75, 3.05) is 11.9 Å². The maximum atomic E-state index is 12.5. The first-order valence-corrected chi connectivity index (χ1v) is 9.22. The molecule has 1 aliphatic carbocycles. The third kappa shape index (κ3) is 3.19. The highest BCUT2D eigenvalue weighted by Gasteiger charge is 2.24. The van der Waals surface area contributed by atoms with Crippen molar-refractivity contribution in [3.8, 4) is 0 Å². The molecule has 1 saturated carbocycles. The van der Waals surface area contributed by atoms with Gasteiger partial charge in [-0.3, -0.25) is 18.7 Å². The van der Waals surface area contributed by atoms with Gasteiger partial charge in [-0.15, -0.1) is 0 Å². The topological polar surface area (TPSA) is 103 Å². The Bertz CT molecular complexity index is 1170. The second-order valence-electron chi connectivity index (χ2n) is 7.04. The molecule has 146 valence electrons. The molecule has 2 heterocycles. The van der Waals surface area contributed by atoms with Crippen molar-refractivity contribution < 1.29 is 4.79 Å². The van der Waals surface area contributed by atoms with Crippen molar-refractivity contribution in [1.82, 2.24) is 24.0 Å². The van der Waals surface area contributed by atoms with Crippen LogP contribution in [0.25, 0.3) is 11.2 Å². The SMILES string of the molecule is Cn1c(=O)c2c(ncn2CCNc2ccccc2C(=O)NC2CC2)n(C)c1=O. The summed E-state index contributed by atoms with van der Waals surface area (Å²) in [6, 6.07) is 7.64. The van der Waals surface area contributed by atoms with Gasteiger partial charge in [-0.1, -0.05) is 12.1 Å². The van der Waals surface area contributed by atoms with Crippen LogP contribution in [0.4, 0.5) is 5.69 Å². The van der Waals surface area contributed by atoms with Gasteiger partial charge in [-0.05, 0) is 25.0 Å². The summed E-state index contributed by atoms with van der Waals surface area (Å²) in [5, 5.41) is 6.26. The number of carbonyl (C=O) groups is 1. The zero-order valence-corrected chi connectivity index (χ0v) is 15.8. The van der Waals surface area contributed by atoms with Gasteiger partial charge in [-0.2, -0.15) is 0 Å². The van der Waals surface area contributed by atoms with Crippen molar-refractivity contribution in [3.05, 3.63) is 57.0 Å². The summed E-state index contributed by atoms with van der Waals surface area (Å²) in [7, 11) is 3.04. The minimum Gasteiger partial charge on any atom is -0.383 e. The molecular weight excluding hydrogens is 360 g/mol. The van der Waals surface area contributed by atoms with Crippen molar-refractivity contribution in [3.63, 3.8) is 0 Å². The minimum atomic E-state index is -0.406. The van der Waals surface area contributed by atoms with Crippen molar-refractivity contribution in [2.24, 2.45) is 14.1 Å². The first-order valence-electron chi connectivity index (χ1n) is 9.22. The predicted octanol–water partition coefficient (Wildman–Crippen LogP) is 0.438. The number of hydrogen-bond donors (Lipinski definition) is 2. The van der Waals surface area contributed by atoms with Crippen LogP contribution in [0.2, 0.25) is 0 Å². The van der Waals surface area contributed by atoms with Gasteiger partial charge in [0.1, 0.15) is 0 Å². The normalized spacial score (nSPS) is 13.6. The Morgan fingerprint density at radius 2 is 1.93 bits per heavy atom. The second kappa shape index (κ2) is 6.99. The van der Waals surface area contributed by atoms with E-state index < -0.39 is 5.69 Å². The molecule has 0 radical (unpaired) electrons. The van der Waals surface area contributed by atoms with E-state index in [0.29, 0.717) is 35.9 Å². The highest BCUT2D eigenvalue weighted by Crippen LogP contribution is 2.21. The minimum absolute atomic E-state index is 0.0810. The van der Waals surface area contributed by atoms with Gasteiger partial charge in [-0.25, -0.2) is 9.78 Å². The van der Waals surface area contributed by atoms with E-state index in [-0.39, 0.29) is 11.5 Å². The third-order valence-corrected chi connectivity index (χ3v) is 4.97. The number of benzene rings is 1. The zero-order chi connectivity index (χ0) is 19.8. The molecule has 3 aromatic rings. The average molecular weight is 382 g/mol. The van der Waals surface area contributed by atoms with E-state index in [0.717, 1.165) is 23.1 Å². The summed E-state index contributed by atoms with van der Waals surface area (Å²) in [6.45, 7) is 0.952. The van der Waals surface area contributed by atoms with E-state index in [4.69, 9.17) is 0 Å². The molecule has 0 spiro atoms. The molecule has 9 nitrogen and oxygen atoms in total. The van der Waals surface area contributed by atoms with Crippen LogP contribution in [0.1, 0.15) is 23.2 Å². The summed E-state index contributed by atoms with van der Waals surface area (Å²) in [5.74, 6) is -0.0810. The molecule has 28 heavy (non-hydrogen) atoms. The number of aromatic nitrogens is 4. The Balaban J connectivity index is 1.53. The molecule has 2 N–H and O–H groups in total. The number of nitrogens with one attached hydrogen (secondary N) is 2. The Morgan fingerprint density at radius 1 is 1.18 bits per heavy atom. The molecule has 1 amide bonds. The van der Waals surface area contributed by atoms with Gasteiger partial charge >= 0.3 is 5.69 Å². The standard InChI is InChI=1S/C19H22N6O3/c1-23-16-15(18(27)24(2)19(23)28)25(11-21-16)10-9-20-14-6-4-3-5-13(14)17(26)22-12-7-8-12/h3-6,11-12,20H,7-10H2,1-2H3,(H,22,26). The number of amides is 1. The van der Waals surface area contributed by atoms with E-state index in [1.165, 1.54) is 11.6 Å². The van der Waals surface area contributed by atoms with Gasteiger partial charge in [0.05, 0.1) is 11.9 Å². The highest BCUT2D eigenvalue weighted by atomic mass is 16.2. The Hall–Kier alpha value is -3.36. The third-order valence-electron chi connectivity index (χ3n) is 4.97. The molecule has 0 bridgehead atoms. The van der Waals surface area contributed by atoms with Crippen LogP contribution < -0.4 is 21.9 Å². The van der Waals surface area contributed by atoms with E-state index in [9.17, 15) is 14.4 Å². The fourth-order valence-electron chi connectivity index (χ4n) is 3.20. The lowest BCUT2D eigenvalue weighted by molar-refractivity contribution is 0.0952. The summed E-state index contributed by atoms with van der Waals surface area (Å²) in [6.07, 6.45) is 3.62. The highest BCUT2D eigenvalue weighted by molar-refractivity contribution is 5.99. The number of nitrogens with zero attached hydrogens (tertiary/aromatic N) is 4. The number of hydrogen-bond acceptors (Lipinski definition) is 5. The summed E-state index contributed by atoms with van der Waals surface area (Å²) < 4.78 is 4.15. The molecular formula is C19H22N6O3. The predicted molar refractivity (Wildman–Crippen MR) is 106 cm³/mol. The average Bonchev–Trinajstić information content (AvgIpc) is 3.41. The van der Waals surface area contributed by atoms with Crippen LogP contribution in [0, 0.1) is 0 Å². The Kier molecular flexibility index (Phi) is 4.50. The lowest BCUT2D eigenvalue weighted by Gasteiger charge is -2.12. The first-order chi connectivity index (χ1) is 13.5.